The van der Waals surface area contributed by atoms with Gasteiger partial charge in [-0.05, 0) is 56.3 Å². The predicted molar refractivity (Wildman–Crippen MR) is 94.1 cm³/mol. The van der Waals surface area contributed by atoms with Gasteiger partial charge in [0.1, 0.15) is 17.5 Å². The molecule has 8 atom stereocenters. The molecule has 0 radical (unpaired) electrons. The van der Waals surface area contributed by atoms with E-state index in [1.54, 1.807) is 0 Å². The minimum Gasteiger partial charge on any atom is -0.385 e. The highest BCUT2D eigenvalue weighted by molar-refractivity contribution is 5.91. The van der Waals surface area contributed by atoms with E-state index in [9.17, 15) is 24.6 Å². The molecule has 4 aliphatic carbocycles. The van der Waals surface area contributed by atoms with Crippen LogP contribution in [0.4, 0.5) is 0 Å². The Balaban J connectivity index is 1.76. The van der Waals surface area contributed by atoms with Gasteiger partial charge in [-0.2, -0.15) is 0 Å². The van der Waals surface area contributed by atoms with Crippen LogP contribution in [0.5, 0.6) is 0 Å². The Hall–Kier alpha value is -1.07. The molecule has 0 saturated heterocycles. The van der Waals surface area contributed by atoms with Crippen LogP contribution in [0.3, 0.4) is 0 Å². The Morgan fingerprint density at radius 3 is 2.35 bits per heavy atom. The first kappa shape index (κ1) is 18.3. The van der Waals surface area contributed by atoms with Crippen molar-refractivity contribution in [3.8, 4) is 0 Å². The lowest BCUT2D eigenvalue weighted by molar-refractivity contribution is -0.189. The van der Waals surface area contributed by atoms with Crippen LogP contribution in [0.1, 0.15) is 65.7 Å². The number of aliphatic hydroxyl groups excluding tert-OH is 1. The zero-order chi connectivity index (χ0) is 19.1. The number of carbonyl (C=O) groups is 3. The van der Waals surface area contributed by atoms with Gasteiger partial charge in [-0.25, -0.2) is 0 Å². The summed E-state index contributed by atoms with van der Waals surface area (Å²) in [5, 5.41) is 21.9. The quantitative estimate of drug-likeness (QED) is 0.745. The summed E-state index contributed by atoms with van der Waals surface area (Å²) >= 11 is 0. The average molecular weight is 362 g/mol. The number of fused-ring (bicyclic) bond motifs is 5. The molecule has 0 aliphatic heterocycles. The van der Waals surface area contributed by atoms with Crippen molar-refractivity contribution in [2.75, 3.05) is 0 Å². The van der Waals surface area contributed by atoms with Crippen molar-refractivity contribution in [3.63, 3.8) is 0 Å². The van der Waals surface area contributed by atoms with Crippen LogP contribution in [0.25, 0.3) is 0 Å². The normalized spacial score (nSPS) is 53.7. The lowest BCUT2D eigenvalue weighted by atomic mass is 9.43. The van der Waals surface area contributed by atoms with Gasteiger partial charge in [0.05, 0.1) is 0 Å². The van der Waals surface area contributed by atoms with E-state index >= 15 is 0 Å². The van der Waals surface area contributed by atoms with E-state index in [-0.39, 0.29) is 46.4 Å². The third-order valence-corrected chi connectivity index (χ3v) is 9.09. The highest BCUT2D eigenvalue weighted by Gasteiger charge is 2.69. The molecule has 2 N–H and O–H groups in total. The van der Waals surface area contributed by atoms with E-state index in [0.717, 1.165) is 12.8 Å². The molecular weight excluding hydrogens is 332 g/mol. The lowest BCUT2D eigenvalue weighted by Crippen LogP contribution is -2.64. The molecule has 5 heteroatoms. The average Bonchev–Trinajstić information content (AvgIpc) is 2.87. The van der Waals surface area contributed by atoms with Crippen LogP contribution in [0, 0.1) is 34.5 Å². The van der Waals surface area contributed by atoms with Gasteiger partial charge >= 0.3 is 0 Å². The van der Waals surface area contributed by atoms with Crippen molar-refractivity contribution in [2.45, 2.75) is 77.4 Å². The van der Waals surface area contributed by atoms with Crippen molar-refractivity contribution in [1.82, 2.24) is 0 Å². The fourth-order valence-corrected chi connectivity index (χ4v) is 7.38. The van der Waals surface area contributed by atoms with Crippen molar-refractivity contribution < 1.29 is 24.6 Å². The third-order valence-electron chi connectivity index (χ3n) is 9.09. The summed E-state index contributed by atoms with van der Waals surface area (Å²) in [6.07, 6.45) is 2.98. The Kier molecular flexibility index (Phi) is 3.86. The Morgan fingerprint density at radius 2 is 1.69 bits per heavy atom. The molecule has 0 aromatic heterocycles. The minimum atomic E-state index is -1.37. The topological polar surface area (TPSA) is 91.7 Å². The molecule has 4 fully saturated rings. The molecule has 0 unspecified atom stereocenters. The van der Waals surface area contributed by atoms with Crippen LogP contribution in [0.2, 0.25) is 0 Å². The summed E-state index contributed by atoms with van der Waals surface area (Å²) in [6, 6.07) is 0. The standard InChI is InChI=1S/C21H30O5/c1-11(22)21(26)9-6-14-16-13(5-8-20(14,21)3)19(2)7-4-12(23)10-15(19)17(24)18(16)25/h13-17,24,26H,4-10H2,1-3H3/t13-,14-,15+,16+,17-,19+,20-,21-/m0/s1. The molecule has 0 aromatic rings. The third kappa shape index (κ3) is 2.02. The maximum Gasteiger partial charge on any atom is 0.165 e. The zero-order valence-electron chi connectivity index (χ0n) is 16.0. The van der Waals surface area contributed by atoms with Crippen LogP contribution < -0.4 is 0 Å². The van der Waals surface area contributed by atoms with Gasteiger partial charge in [0.25, 0.3) is 0 Å². The number of ketones is 3. The first-order valence-corrected chi connectivity index (χ1v) is 10.0. The summed E-state index contributed by atoms with van der Waals surface area (Å²) in [5.41, 5.74) is -2.19. The van der Waals surface area contributed by atoms with Crippen LogP contribution in [-0.4, -0.2) is 39.3 Å². The van der Waals surface area contributed by atoms with Crippen molar-refractivity contribution in [1.29, 1.82) is 0 Å². The number of rotatable bonds is 1. The zero-order valence-corrected chi connectivity index (χ0v) is 16.0. The Bertz CT molecular complexity index is 686. The molecule has 4 aliphatic rings. The first-order valence-electron chi connectivity index (χ1n) is 10.0. The van der Waals surface area contributed by atoms with Crippen LogP contribution in [-0.2, 0) is 14.4 Å². The highest BCUT2D eigenvalue weighted by Crippen LogP contribution is 2.67. The lowest BCUT2D eigenvalue weighted by Gasteiger charge is -2.60. The van der Waals surface area contributed by atoms with Crippen molar-refractivity contribution >= 4 is 17.3 Å². The molecule has 4 rings (SSSR count). The van der Waals surface area contributed by atoms with Gasteiger partial charge in [0, 0.05) is 30.1 Å². The van der Waals surface area contributed by atoms with E-state index in [4.69, 9.17) is 0 Å². The fourth-order valence-electron chi connectivity index (χ4n) is 7.38. The molecular formula is C21H30O5. The smallest absolute Gasteiger partial charge is 0.165 e. The highest BCUT2D eigenvalue weighted by atomic mass is 16.3. The molecule has 0 heterocycles. The molecule has 5 nitrogen and oxygen atoms in total. The Labute approximate surface area is 154 Å². The van der Waals surface area contributed by atoms with Gasteiger partial charge in [-0.15, -0.1) is 0 Å². The molecule has 0 aromatic carbocycles. The van der Waals surface area contributed by atoms with Crippen molar-refractivity contribution in [3.05, 3.63) is 0 Å². The molecule has 4 saturated carbocycles. The van der Waals surface area contributed by atoms with Gasteiger partial charge in [0.2, 0.25) is 0 Å². The number of Topliss-reactive ketones (excluding diaryl/α,β-unsaturated/α-hetero) is 3. The number of aliphatic hydroxyl groups is 2. The summed E-state index contributed by atoms with van der Waals surface area (Å²) in [5.74, 6) is -0.767. The summed E-state index contributed by atoms with van der Waals surface area (Å²) < 4.78 is 0. The molecule has 0 amide bonds. The molecule has 144 valence electrons. The maximum atomic E-state index is 13.2. The van der Waals surface area contributed by atoms with Crippen LogP contribution >= 0.6 is 0 Å². The largest absolute Gasteiger partial charge is 0.385 e. The van der Waals surface area contributed by atoms with Gasteiger partial charge < -0.3 is 10.2 Å². The molecule has 0 bridgehead atoms. The summed E-state index contributed by atoms with van der Waals surface area (Å²) in [7, 11) is 0. The van der Waals surface area contributed by atoms with Gasteiger partial charge in [-0.3, -0.25) is 14.4 Å². The summed E-state index contributed by atoms with van der Waals surface area (Å²) in [4.78, 5) is 37.4. The van der Waals surface area contributed by atoms with E-state index in [1.165, 1.54) is 6.92 Å². The first-order chi connectivity index (χ1) is 12.1. The Morgan fingerprint density at radius 1 is 1.04 bits per heavy atom. The van der Waals surface area contributed by atoms with E-state index in [2.05, 4.69) is 6.92 Å². The number of hydrogen-bond donors (Lipinski definition) is 2. The van der Waals surface area contributed by atoms with Gasteiger partial charge in [-0.1, -0.05) is 13.8 Å². The second kappa shape index (κ2) is 5.48. The second-order valence-electron chi connectivity index (χ2n) is 9.85. The van der Waals surface area contributed by atoms with Crippen molar-refractivity contribution in [2.24, 2.45) is 34.5 Å². The van der Waals surface area contributed by atoms with Crippen LogP contribution in [0.15, 0.2) is 0 Å². The molecule has 26 heavy (non-hydrogen) atoms. The maximum absolute atomic E-state index is 13.2. The van der Waals surface area contributed by atoms with E-state index in [1.807, 2.05) is 6.92 Å². The van der Waals surface area contributed by atoms with E-state index in [0.29, 0.717) is 32.1 Å². The monoisotopic (exact) mass is 362 g/mol. The van der Waals surface area contributed by atoms with E-state index < -0.39 is 17.1 Å². The minimum absolute atomic E-state index is 0.0762. The SMILES string of the molecule is CC(=O)[C@@]1(O)CC[C@H]2[C@@H]3C(=O)[C@@H](O)[C@H]4CC(=O)CC[C@]4(C)[C@H]3CC[C@@]21C. The summed E-state index contributed by atoms with van der Waals surface area (Å²) in [6.45, 7) is 5.55. The number of carbonyl (C=O) groups excluding carboxylic acids is 3. The molecule has 0 spiro atoms. The fraction of sp³-hybridized carbons (Fsp3) is 0.857. The number of hydrogen-bond acceptors (Lipinski definition) is 5. The predicted octanol–water partition coefficient (Wildman–Crippen LogP) is 2.07. The van der Waals surface area contributed by atoms with Gasteiger partial charge in [0.15, 0.2) is 11.6 Å². The second-order valence-corrected chi connectivity index (χ2v) is 9.85.